The number of carboxylic acid groups (broad SMARTS) is 1. The van der Waals surface area contributed by atoms with Crippen molar-refractivity contribution >= 4 is 17.8 Å². The Kier molecular flexibility index (Phi) is 4.65. The average molecular weight is 288 g/mol. The van der Waals surface area contributed by atoms with Crippen LogP contribution in [0.2, 0.25) is 0 Å². The third-order valence-electron chi connectivity index (χ3n) is 2.81. The van der Waals surface area contributed by atoms with E-state index >= 15 is 0 Å². The first-order chi connectivity index (χ1) is 10.0. The average Bonchev–Trinajstić information content (AvgIpc) is 2.83. The lowest BCUT2D eigenvalue weighted by Crippen LogP contribution is -2.14. The lowest BCUT2D eigenvalue weighted by molar-refractivity contribution is -0.137. The number of aromatic nitrogens is 3. The molecule has 0 spiro atoms. The molecule has 2 aromatic rings. The van der Waals surface area contributed by atoms with E-state index in [1.165, 1.54) is 6.33 Å². The first-order valence-electron chi connectivity index (χ1n) is 6.49. The van der Waals surface area contributed by atoms with Gasteiger partial charge in [-0.3, -0.25) is 14.9 Å². The summed E-state index contributed by atoms with van der Waals surface area (Å²) in [4.78, 5) is 26.1. The largest absolute Gasteiger partial charge is 0.480 e. The van der Waals surface area contributed by atoms with E-state index in [9.17, 15) is 9.59 Å². The number of anilines is 1. The molecule has 0 aliphatic carbocycles. The maximum atomic E-state index is 11.8. The fraction of sp³-hybridized carbons (Fsp3) is 0.286. The number of hydrogen-bond donors (Lipinski definition) is 2. The first kappa shape index (κ1) is 14.7. The Labute approximate surface area is 121 Å². The zero-order valence-electron chi connectivity index (χ0n) is 11.6. The summed E-state index contributed by atoms with van der Waals surface area (Å²) in [6.07, 6.45) is 2.21. The van der Waals surface area contributed by atoms with Crippen LogP contribution >= 0.6 is 0 Å². The van der Waals surface area contributed by atoms with Crippen molar-refractivity contribution in [2.75, 3.05) is 5.32 Å². The zero-order chi connectivity index (χ0) is 15.2. The van der Waals surface area contributed by atoms with Crippen molar-refractivity contribution in [3.05, 3.63) is 41.7 Å². The second kappa shape index (κ2) is 6.65. The maximum Gasteiger partial charge on any atom is 0.325 e. The molecule has 0 radical (unpaired) electrons. The minimum absolute atomic E-state index is 0.116. The topological polar surface area (TPSA) is 97.1 Å². The molecule has 0 aliphatic heterocycles. The number of nitrogens with zero attached hydrogens (tertiary/aromatic N) is 3. The van der Waals surface area contributed by atoms with Crippen LogP contribution < -0.4 is 5.32 Å². The van der Waals surface area contributed by atoms with E-state index in [0.29, 0.717) is 12.8 Å². The molecule has 2 N–H and O–H groups in total. The van der Waals surface area contributed by atoms with Gasteiger partial charge >= 0.3 is 5.97 Å². The van der Waals surface area contributed by atoms with Gasteiger partial charge in [0.25, 0.3) is 0 Å². The predicted molar refractivity (Wildman–Crippen MR) is 75.8 cm³/mol. The summed E-state index contributed by atoms with van der Waals surface area (Å²) in [7, 11) is 0. The SMILES string of the molecule is Cc1cccc(CCC(=O)Nc2ncn(CC(=O)O)n2)c1. The van der Waals surface area contributed by atoms with Crippen LogP contribution in [0.15, 0.2) is 30.6 Å². The molecule has 7 nitrogen and oxygen atoms in total. The Hall–Kier alpha value is -2.70. The standard InChI is InChI=1S/C14H16N4O3/c1-10-3-2-4-11(7-10)5-6-12(19)16-14-15-9-18(17-14)8-13(20)21/h2-4,7,9H,5-6,8H2,1H3,(H,20,21)(H,16,17,19). The number of carbonyl (C=O) groups excluding carboxylic acids is 1. The van der Waals surface area contributed by atoms with Gasteiger partial charge in [0.05, 0.1) is 0 Å². The van der Waals surface area contributed by atoms with Crippen molar-refractivity contribution in [1.82, 2.24) is 14.8 Å². The van der Waals surface area contributed by atoms with Crippen LogP contribution in [0.1, 0.15) is 17.5 Å². The van der Waals surface area contributed by atoms with Gasteiger partial charge in [-0.2, -0.15) is 0 Å². The summed E-state index contributed by atoms with van der Waals surface area (Å²) in [6, 6.07) is 7.97. The van der Waals surface area contributed by atoms with Gasteiger partial charge in [-0.1, -0.05) is 29.8 Å². The summed E-state index contributed by atoms with van der Waals surface area (Å²) >= 11 is 0. The van der Waals surface area contributed by atoms with Crippen molar-refractivity contribution in [2.24, 2.45) is 0 Å². The van der Waals surface area contributed by atoms with Crippen molar-refractivity contribution < 1.29 is 14.7 Å². The van der Waals surface area contributed by atoms with Gasteiger partial charge in [0.1, 0.15) is 12.9 Å². The first-order valence-corrected chi connectivity index (χ1v) is 6.49. The van der Waals surface area contributed by atoms with Crippen LogP contribution in [0, 0.1) is 6.92 Å². The van der Waals surface area contributed by atoms with Crippen molar-refractivity contribution in [3.8, 4) is 0 Å². The summed E-state index contributed by atoms with van der Waals surface area (Å²) in [5.74, 6) is -1.10. The van der Waals surface area contributed by atoms with Crippen LogP contribution in [0.25, 0.3) is 0 Å². The lowest BCUT2D eigenvalue weighted by Gasteiger charge is -2.03. The number of aliphatic carboxylic acids is 1. The normalized spacial score (nSPS) is 10.3. The van der Waals surface area contributed by atoms with Gasteiger partial charge < -0.3 is 5.11 Å². The third-order valence-corrected chi connectivity index (χ3v) is 2.81. The van der Waals surface area contributed by atoms with E-state index < -0.39 is 5.97 Å². The monoisotopic (exact) mass is 288 g/mol. The molecule has 1 aromatic carbocycles. The van der Waals surface area contributed by atoms with E-state index in [4.69, 9.17) is 5.11 Å². The number of benzene rings is 1. The van der Waals surface area contributed by atoms with Gasteiger partial charge in [0.2, 0.25) is 11.9 Å². The molecular weight excluding hydrogens is 272 g/mol. The van der Waals surface area contributed by atoms with E-state index in [0.717, 1.165) is 15.8 Å². The molecule has 7 heteroatoms. The van der Waals surface area contributed by atoms with Gasteiger partial charge in [-0.25, -0.2) is 9.67 Å². The molecule has 1 aromatic heterocycles. The van der Waals surface area contributed by atoms with Crippen molar-refractivity contribution in [1.29, 1.82) is 0 Å². The number of hydrogen-bond acceptors (Lipinski definition) is 4. The quantitative estimate of drug-likeness (QED) is 0.833. The molecule has 21 heavy (non-hydrogen) atoms. The number of rotatable bonds is 6. The van der Waals surface area contributed by atoms with E-state index in [1.54, 1.807) is 0 Å². The molecule has 2 rings (SSSR count). The van der Waals surface area contributed by atoms with Crippen LogP contribution in [0.5, 0.6) is 0 Å². The number of aryl methyl sites for hydroxylation is 2. The fourth-order valence-electron chi connectivity index (χ4n) is 1.88. The Morgan fingerprint density at radius 3 is 2.90 bits per heavy atom. The lowest BCUT2D eigenvalue weighted by atomic mass is 10.1. The minimum atomic E-state index is -1.02. The summed E-state index contributed by atoms with van der Waals surface area (Å²) < 4.78 is 1.15. The Balaban J connectivity index is 1.84. The molecule has 0 saturated carbocycles. The molecule has 0 unspecified atom stereocenters. The second-order valence-electron chi connectivity index (χ2n) is 4.70. The van der Waals surface area contributed by atoms with Gasteiger partial charge in [0, 0.05) is 6.42 Å². The highest BCUT2D eigenvalue weighted by molar-refractivity contribution is 5.88. The molecule has 0 aliphatic rings. The second-order valence-corrected chi connectivity index (χ2v) is 4.70. The van der Waals surface area contributed by atoms with Gasteiger partial charge in [0.15, 0.2) is 0 Å². The predicted octanol–water partition coefficient (Wildman–Crippen LogP) is 1.24. The van der Waals surface area contributed by atoms with Crippen LogP contribution in [-0.4, -0.2) is 31.7 Å². The molecular formula is C14H16N4O3. The molecule has 0 fully saturated rings. The molecule has 0 atom stereocenters. The van der Waals surface area contributed by atoms with Crippen LogP contribution in [-0.2, 0) is 22.6 Å². The molecule has 0 bridgehead atoms. The fourth-order valence-corrected chi connectivity index (χ4v) is 1.88. The van der Waals surface area contributed by atoms with Crippen LogP contribution in [0.3, 0.4) is 0 Å². The molecule has 1 heterocycles. The van der Waals surface area contributed by atoms with Crippen LogP contribution in [0.4, 0.5) is 5.95 Å². The number of nitrogens with one attached hydrogen (secondary N) is 1. The molecule has 0 saturated heterocycles. The van der Waals surface area contributed by atoms with Crippen molar-refractivity contribution in [2.45, 2.75) is 26.3 Å². The third kappa shape index (κ3) is 4.72. The van der Waals surface area contributed by atoms with Gasteiger partial charge in [-0.15, -0.1) is 5.10 Å². The maximum absolute atomic E-state index is 11.8. The number of amides is 1. The Morgan fingerprint density at radius 1 is 1.38 bits per heavy atom. The van der Waals surface area contributed by atoms with Crippen molar-refractivity contribution in [3.63, 3.8) is 0 Å². The van der Waals surface area contributed by atoms with Gasteiger partial charge in [-0.05, 0) is 18.9 Å². The highest BCUT2D eigenvalue weighted by Gasteiger charge is 2.08. The van der Waals surface area contributed by atoms with E-state index in [1.807, 2.05) is 31.2 Å². The summed E-state index contributed by atoms with van der Waals surface area (Å²) in [6.45, 7) is 1.72. The Bertz CT molecular complexity index is 651. The highest BCUT2D eigenvalue weighted by Crippen LogP contribution is 2.07. The summed E-state index contributed by atoms with van der Waals surface area (Å²) in [5, 5.41) is 15.0. The Morgan fingerprint density at radius 2 is 2.19 bits per heavy atom. The summed E-state index contributed by atoms with van der Waals surface area (Å²) in [5.41, 5.74) is 2.25. The number of carboxylic acids is 1. The minimum Gasteiger partial charge on any atom is -0.480 e. The molecule has 110 valence electrons. The van der Waals surface area contributed by atoms with E-state index in [2.05, 4.69) is 15.4 Å². The van der Waals surface area contributed by atoms with E-state index in [-0.39, 0.29) is 18.4 Å². The smallest absolute Gasteiger partial charge is 0.325 e. The molecule has 1 amide bonds. The number of carbonyl (C=O) groups is 2. The zero-order valence-corrected chi connectivity index (χ0v) is 11.6. The highest BCUT2D eigenvalue weighted by atomic mass is 16.4.